The van der Waals surface area contributed by atoms with Gasteiger partial charge in [0.15, 0.2) is 0 Å². The maximum atomic E-state index is 6.20. The van der Waals surface area contributed by atoms with Gasteiger partial charge >= 0.3 is 0 Å². The SMILES string of the molecule is CCCCOCC(C)CC.CCCCOCC(C)COCC(C)CC.CCCCOCC(CC)(CC)CC.CCCCOCC(CC)(CC)CC.CCCCOCC(CC)(CC)COCC(CC)(CC)CC.CCCCOCC(CC)(CC)COCC(CC)(CC)CC. The molecule has 0 spiro atoms. The molecule has 3 atom stereocenters. The van der Waals surface area contributed by atoms with Crippen molar-refractivity contribution in [1.29, 1.82) is 0 Å². The topological polar surface area (TPSA) is 83.1 Å². The summed E-state index contributed by atoms with van der Waals surface area (Å²) in [5.74, 6) is 1.93. The molecule has 0 aromatic rings. The van der Waals surface area contributed by atoms with Crippen LogP contribution >= 0.6 is 0 Å². The van der Waals surface area contributed by atoms with Gasteiger partial charge in [0, 0.05) is 69.6 Å². The summed E-state index contributed by atoms with van der Waals surface area (Å²) in [7, 11) is 0. The Labute approximate surface area is 588 Å². The quantitative estimate of drug-likeness (QED) is 0.0553. The first-order chi connectivity index (χ1) is 44.6. The molecule has 0 bridgehead atoms. The molecule has 0 heterocycles. The second kappa shape index (κ2) is 72.9. The zero-order valence-corrected chi connectivity index (χ0v) is 69.3. The average molecular weight is 1330 g/mol. The van der Waals surface area contributed by atoms with Crippen molar-refractivity contribution in [2.24, 2.45) is 50.2 Å². The standard InChI is InChI=1S/2C19H40O2.C13H28O2.2C12H26O.C9H20O/c2*1-7-13-14-20-16-19(11-5,12-6)17-21-15-18(8-2,9-3)10-4;1-5-7-8-14-10-13(4)11-15-9-12(3)6-2;2*1-5-9-10-13-11-12(6-2,7-3)8-4;1-4-6-7-10-8-9(3)5-2/h2*7-17H2,1-6H3;12-13H,5-11H2,1-4H3;2*5-11H2,1-4H3;9H,4-8H2,1-3H3. The van der Waals surface area contributed by atoms with Crippen LogP contribution in [0, 0.1) is 50.2 Å². The zero-order valence-electron chi connectivity index (χ0n) is 69.3. The van der Waals surface area contributed by atoms with E-state index in [1.807, 2.05) is 0 Å². The lowest BCUT2D eigenvalue weighted by molar-refractivity contribution is -0.0534. The van der Waals surface area contributed by atoms with Crippen molar-refractivity contribution in [1.82, 2.24) is 0 Å². The number of unbranched alkanes of at least 4 members (excludes halogenated alkanes) is 6. The summed E-state index contributed by atoms with van der Waals surface area (Å²) in [6.07, 6.45) is 36.1. The van der Waals surface area contributed by atoms with Crippen LogP contribution in [-0.4, -0.2) is 119 Å². The van der Waals surface area contributed by atoms with Crippen molar-refractivity contribution in [3.63, 3.8) is 0 Å². The van der Waals surface area contributed by atoms with E-state index in [9.17, 15) is 0 Å². The van der Waals surface area contributed by atoms with Crippen molar-refractivity contribution >= 4 is 0 Å². The van der Waals surface area contributed by atoms with Gasteiger partial charge in [0.2, 0.25) is 0 Å². The van der Waals surface area contributed by atoms with Gasteiger partial charge in [-0.3, -0.25) is 0 Å². The number of hydrogen-bond acceptors (Lipinski definition) is 9. The van der Waals surface area contributed by atoms with Gasteiger partial charge in [0.1, 0.15) is 0 Å². The van der Waals surface area contributed by atoms with Crippen molar-refractivity contribution < 1.29 is 42.6 Å². The van der Waals surface area contributed by atoms with Crippen LogP contribution in [-0.2, 0) is 42.6 Å². The van der Waals surface area contributed by atoms with Crippen LogP contribution in [0.1, 0.15) is 380 Å². The van der Waals surface area contributed by atoms with Crippen molar-refractivity contribution in [3.05, 3.63) is 0 Å². The van der Waals surface area contributed by atoms with E-state index in [0.29, 0.717) is 33.5 Å². The molecular weight excluding hydrogens is 1150 g/mol. The maximum Gasteiger partial charge on any atom is 0.0544 e. The smallest absolute Gasteiger partial charge is 0.0544 e. The van der Waals surface area contributed by atoms with Gasteiger partial charge in [0.05, 0.1) is 66.1 Å². The molecule has 0 saturated carbocycles. The Balaban J connectivity index is -0.000000249. The van der Waals surface area contributed by atoms with Crippen LogP contribution in [0.2, 0.25) is 0 Å². The molecule has 9 nitrogen and oxygen atoms in total. The highest BCUT2D eigenvalue weighted by atomic mass is 16.5. The minimum Gasteiger partial charge on any atom is -0.381 e. The minimum atomic E-state index is 0.203. The van der Waals surface area contributed by atoms with E-state index in [2.05, 4.69) is 187 Å². The Morgan fingerprint density at radius 3 is 0.548 bits per heavy atom. The van der Waals surface area contributed by atoms with Crippen molar-refractivity contribution in [2.45, 2.75) is 380 Å². The first kappa shape index (κ1) is 104. The molecule has 0 aromatic heterocycles. The lowest BCUT2D eigenvalue weighted by Crippen LogP contribution is -2.34. The molecule has 0 aliphatic heterocycles. The third-order valence-corrected chi connectivity index (χ3v) is 22.1. The van der Waals surface area contributed by atoms with E-state index in [1.165, 1.54) is 154 Å². The molecule has 0 radical (unpaired) electrons. The molecule has 9 heteroatoms. The molecule has 0 amide bonds. The van der Waals surface area contributed by atoms with Gasteiger partial charge in [-0.2, -0.15) is 0 Å². The van der Waals surface area contributed by atoms with Crippen LogP contribution in [0.15, 0.2) is 0 Å². The predicted octanol–water partition coefficient (Wildman–Crippen LogP) is 26.1. The highest BCUT2D eigenvalue weighted by Gasteiger charge is 2.32. The first-order valence-corrected chi connectivity index (χ1v) is 40.8. The van der Waals surface area contributed by atoms with Crippen LogP contribution in [0.25, 0.3) is 0 Å². The van der Waals surface area contributed by atoms with Crippen LogP contribution in [0.3, 0.4) is 0 Å². The molecule has 0 aliphatic rings. The summed E-state index contributed by atoms with van der Waals surface area (Å²) < 4.78 is 52.2. The predicted molar refractivity (Wildman–Crippen MR) is 414 cm³/mol. The van der Waals surface area contributed by atoms with E-state index in [-0.39, 0.29) is 10.8 Å². The van der Waals surface area contributed by atoms with E-state index >= 15 is 0 Å². The fourth-order valence-electron chi connectivity index (χ4n) is 10.5. The second-order valence-corrected chi connectivity index (χ2v) is 28.8. The molecule has 570 valence electrons. The first-order valence-electron chi connectivity index (χ1n) is 40.8. The van der Waals surface area contributed by atoms with Crippen LogP contribution in [0.5, 0.6) is 0 Å². The zero-order chi connectivity index (χ0) is 72.0. The van der Waals surface area contributed by atoms with E-state index in [0.717, 1.165) is 163 Å². The average Bonchev–Trinajstić information content (AvgIpc) is 1.40. The van der Waals surface area contributed by atoms with Crippen LogP contribution in [0.4, 0.5) is 0 Å². The molecule has 0 aromatic carbocycles. The van der Waals surface area contributed by atoms with Crippen molar-refractivity contribution in [3.8, 4) is 0 Å². The second-order valence-electron chi connectivity index (χ2n) is 28.8. The fraction of sp³-hybridized carbons (Fsp3) is 1.00. The summed E-state index contributed by atoms with van der Waals surface area (Å²) in [5.41, 5.74) is 2.05. The molecule has 0 rings (SSSR count). The third-order valence-electron chi connectivity index (χ3n) is 22.1. The largest absolute Gasteiger partial charge is 0.381 e. The van der Waals surface area contributed by atoms with Gasteiger partial charge in [-0.25, -0.2) is 0 Å². The Morgan fingerprint density at radius 1 is 0.183 bits per heavy atom. The molecule has 3 unspecified atom stereocenters. The summed E-state index contributed by atoms with van der Waals surface area (Å²) in [4.78, 5) is 0. The summed E-state index contributed by atoms with van der Waals surface area (Å²) >= 11 is 0. The Morgan fingerprint density at radius 2 is 0.344 bits per heavy atom. The number of ether oxygens (including phenoxy) is 9. The monoisotopic (exact) mass is 1330 g/mol. The summed E-state index contributed by atoms with van der Waals surface area (Å²) in [6.45, 7) is 76.7. The van der Waals surface area contributed by atoms with E-state index < -0.39 is 0 Å². The van der Waals surface area contributed by atoms with Crippen molar-refractivity contribution in [2.75, 3.05) is 119 Å². The Hall–Kier alpha value is -0.360. The molecular formula is C84H180O9. The minimum absolute atomic E-state index is 0.203. The van der Waals surface area contributed by atoms with E-state index in [1.54, 1.807) is 0 Å². The highest BCUT2D eigenvalue weighted by molar-refractivity contribution is 4.81. The highest BCUT2D eigenvalue weighted by Crippen LogP contribution is 2.36. The maximum absolute atomic E-state index is 6.20. The Kier molecular flexibility index (Phi) is 81.2. The molecule has 93 heavy (non-hydrogen) atoms. The van der Waals surface area contributed by atoms with Gasteiger partial charge in [-0.05, 0) is 175 Å². The summed E-state index contributed by atoms with van der Waals surface area (Å²) in [5, 5.41) is 0. The number of rotatable bonds is 60. The fourth-order valence-corrected chi connectivity index (χ4v) is 10.5. The number of hydrogen-bond donors (Lipinski definition) is 0. The molecule has 0 fully saturated rings. The summed E-state index contributed by atoms with van der Waals surface area (Å²) in [6, 6.07) is 0. The van der Waals surface area contributed by atoms with E-state index in [4.69, 9.17) is 42.6 Å². The van der Waals surface area contributed by atoms with Gasteiger partial charge in [-0.15, -0.1) is 0 Å². The molecule has 0 aliphatic carbocycles. The Bertz CT molecular complexity index is 1260. The van der Waals surface area contributed by atoms with Crippen LogP contribution < -0.4 is 0 Å². The lowest BCUT2D eigenvalue weighted by Gasteiger charge is -2.35. The lowest BCUT2D eigenvalue weighted by atomic mass is 9.80. The van der Waals surface area contributed by atoms with Gasteiger partial charge in [-0.1, -0.05) is 238 Å². The van der Waals surface area contributed by atoms with Gasteiger partial charge < -0.3 is 42.6 Å². The van der Waals surface area contributed by atoms with Gasteiger partial charge in [0.25, 0.3) is 0 Å². The normalized spacial score (nSPS) is 13.1. The third kappa shape index (κ3) is 57.0. The molecule has 0 N–H and O–H groups in total. The molecule has 0 saturated heterocycles.